The van der Waals surface area contributed by atoms with Crippen molar-refractivity contribution in [3.8, 4) is 0 Å². The highest BCUT2D eigenvalue weighted by Gasteiger charge is 2.26. The fourth-order valence-corrected chi connectivity index (χ4v) is 6.54. The zero-order valence-corrected chi connectivity index (χ0v) is 34.9. The second kappa shape index (κ2) is 39.9. The van der Waals surface area contributed by atoms with Crippen molar-refractivity contribution in [2.24, 2.45) is 5.73 Å². The first-order valence-electron chi connectivity index (χ1n) is 21.5. The predicted octanol–water partition coefficient (Wildman–Crippen LogP) is 12.2. The Morgan fingerprint density at radius 3 is 1.51 bits per heavy atom. The van der Waals surface area contributed by atoms with E-state index in [2.05, 4.69) is 50.3 Å². The third kappa shape index (κ3) is 39.7. The summed E-state index contributed by atoms with van der Waals surface area (Å²) in [5.74, 6) is -0.854. The summed E-state index contributed by atoms with van der Waals surface area (Å²) in [6.07, 6.45) is 43.1. The number of rotatable bonds is 40. The Morgan fingerprint density at radius 2 is 0.981 bits per heavy atom. The largest absolute Gasteiger partial charge is 0.472 e. The van der Waals surface area contributed by atoms with Gasteiger partial charge in [-0.05, 0) is 70.6 Å². The van der Waals surface area contributed by atoms with Gasteiger partial charge in [0.15, 0.2) is 6.10 Å². The summed E-state index contributed by atoms with van der Waals surface area (Å²) in [7, 11) is -4.38. The first kappa shape index (κ1) is 51.2. The monoisotopic (exact) mass is 770 g/mol. The lowest BCUT2D eigenvalue weighted by Crippen LogP contribution is -2.29. The molecule has 0 saturated heterocycles. The summed E-state index contributed by atoms with van der Waals surface area (Å²) in [6.45, 7) is 3.68. The number of nitrogens with two attached hydrogens (primary N) is 1. The SMILES string of the molecule is CCCCC/C=C/C/C=C/CCCCCCCCCC(=O)OC[C@H](COP(=O)(O)OCCN)OC(=O)CCCCC/C=C/CCCCCCCCCC. The molecule has 310 valence electrons. The van der Waals surface area contributed by atoms with E-state index < -0.39 is 32.5 Å². The van der Waals surface area contributed by atoms with Crippen LogP contribution in [0.5, 0.6) is 0 Å². The quantitative estimate of drug-likeness (QED) is 0.0270. The molecule has 0 rings (SSSR count). The maximum Gasteiger partial charge on any atom is 0.472 e. The molecule has 1 unspecified atom stereocenters. The standard InChI is InChI=1S/C43H80NO8P/c1-3-5-7-9-11-13-15-17-19-20-22-23-25-27-29-31-33-35-42(45)49-39-41(40-51-53(47,48)50-38-37-44)52-43(46)36-34-32-30-28-26-24-21-18-16-14-12-10-8-6-4-2/h11,13,17,19,24,26,41H,3-10,12,14-16,18,20-23,25,27-40,44H2,1-2H3,(H,47,48)/b13-11+,19-17+,26-24+/t41-/m1/s1. The van der Waals surface area contributed by atoms with Gasteiger partial charge in [-0.1, -0.05) is 147 Å². The molecule has 0 spiro atoms. The maximum absolute atomic E-state index is 12.6. The van der Waals surface area contributed by atoms with Gasteiger partial charge in [-0.2, -0.15) is 0 Å². The number of carbonyl (C=O) groups is 2. The fourth-order valence-electron chi connectivity index (χ4n) is 5.78. The lowest BCUT2D eigenvalue weighted by Gasteiger charge is -2.19. The molecule has 0 bridgehead atoms. The van der Waals surface area contributed by atoms with Crippen LogP contribution in [0.3, 0.4) is 0 Å². The summed E-state index contributed by atoms with van der Waals surface area (Å²) in [5.41, 5.74) is 5.34. The molecule has 53 heavy (non-hydrogen) atoms. The van der Waals surface area contributed by atoms with Crippen molar-refractivity contribution in [1.29, 1.82) is 0 Å². The lowest BCUT2D eigenvalue weighted by atomic mass is 10.1. The molecule has 0 aromatic heterocycles. The molecule has 0 aromatic rings. The maximum atomic E-state index is 12.6. The Kier molecular flexibility index (Phi) is 38.6. The minimum Gasteiger partial charge on any atom is -0.462 e. The Bertz CT molecular complexity index is 970. The molecule has 0 aliphatic heterocycles. The van der Waals surface area contributed by atoms with Crippen molar-refractivity contribution in [1.82, 2.24) is 0 Å². The molecule has 0 aliphatic carbocycles. The zero-order valence-electron chi connectivity index (χ0n) is 34.0. The van der Waals surface area contributed by atoms with E-state index >= 15 is 0 Å². The smallest absolute Gasteiger partial charge is 0.462 e. The van der Waals surface area contributed by atoms with Gasteiger partial charge in [0.25, 0.3) is 0 Å². The predicted molar refractivity (Wildman–Crippen MR) is 220 cm³/mol. The Balaban J connectivity index is 4.19. The fraction of sp³-hybridized carbons (Fsp3) is 0.814. The van der Waals surface area contributed by atoms with E-state index in [0.717, 1.165) is 64.2 Å². The minimum absolute atomic E-state index is 0.0498. The minimum atomic E-state index is -4.38. The zero-order chi connectivity index (χ0) is 38.9. The van der Waals surface area contributed by atoms with E-state index in [1.807, 2.05) is 0 Å². The van der Waals surface area contributed by atoms with Crippen molar-refractivity contribution in [2.75, 3.05) is 26.4 Å². The normalized spacial score (nSPS) is 13.7. The van der Waals surface area contributed by atoms with E-state index in [0.29, 0.717) is 6.42 Å². The van der Waals surface area contributed by atoms with Gasteiger partial charge in [-0.15, -0.1) is 0 Å². The van der Waals surface area contributed by atoms with E-state index in [1.54, 1.807) is 0 Å². The number of phosphoric acid groups is 1. The third-order valence-corrected chi connectivity index (χ3v) is 9.98. The van der Waals surface area contributed by atoms with Crippen LogP contribution in [0.1, 0.15) is 194 Å². The highest BCUT2D eigenvalue weighted by atomic mass is 31.2. The molecule has 2 atom stereocenters. The molecule has 0 aromatic carbocycles. The topological polar surface area (TPSA) is 134 Å². The van der Waals surface area contributed by atoms with E-state index in [9.17, 15) is 19.0 Å². The van der Waals surface area contributed by atoms with Gasteiger partial charge in [0.1, 0.15) is 6.61 Å². The van der Waals surface area contributed by atoms with Crippen LogP contribution in [0.15, 0.2) is 36.5 Å². The highest BCUT2D eigenvalue weighted by Crippen LogP contribution is 2.43. The molecule has 0 heterocycles. The van der Waals surface area contributed by atoms with Gasteiger partial charge < -0.3 is 20.1 Å². The molecular weight excluding hydrogens is 689 g/mol. The van der Waals surface area contributed by atoms with E-state index in [1.165, 1.54) is 96.3 Å². The van der Waals surface area contributed by atoms with Gasteiger partial charge in [-0.3, -0.25) is 18.6 Å². The van der Waals surface area contributed by atoms with Crippen LogP contribution in [0.2, 0.25) is 0 Å². The van der Waals surface area contributed by atoms with Gasteiger partial charge >= 0.3 is 19.8 Å². The van der Waals surface area contributed by atoms with Crippen molar-refractivity contribution < 1.29 is 37.6 Å². The van der Waals surface area contributed by atoms with Crippen LogP contribution in [-0.4, -0.2) is 49.3 Å². The Hall–Kier alpha value is -1.77. The molecule has 0 amide bonds. The average Bonchev–Trinajstić information content (AvgIpc) is 3.14. The Labute approximate surface area is 324 Å². The molecule has 3 N–H and O–H groups in total. The summed E-state index contributed by atoms with van der Waals surface area (Å²) >= 11 is 0. The molecule has 10 heteroatoms. The van der Waals surface area contributed by atoms with Crippen LogP contribution in [0.25, 0.3) is 0 Å². The second-order valence-electron chi connectivity index (χ2n) is 14.2. The van der Waals surface area contributed by atoms with Gasteiger partial charge in [-0.25, -0.2) is 4.57 Å². The molecule has 0 fully saturated rings. The molecule has 0 radical (unpaired) electrons. The Morgan fingerprint density at radius 1 is 0.566 bits per heavy atom. The number of hydrogen-bond donors (Lipinski definition) is 2. The van der Waals surface area contributed by atoms with E-state index in [4.69, 9.17) is 24.3 Å². The van der Waals surface area contributed by atoms with Crippen molar-refractivity contribution >= 4 is 19.8 Å². The van der Waals surface area contributed by atoms with Crippen molar-refractivity contribution in [3.63, 3.8) is 0 Å². The van der Waals surface area contributed by atoms with Crippen LogP contribution >= 0.6 is 7.82 Å². The number of ether oxygens (including phenoxy) is 2. The number of unbranched alkanes of at least 4 members (excludes halogenated alkanes) is 21. The van der Waals surface area contributed by atoms with Crippen LogP contribution < -0.4 is 5.73 Å². The van der Waals surface area contributed by atoms with Crippen molar-refractivity contribution in [2.45, 2.75) is 200 Å². The summed E-state index contributed by atoms with van der Waals surface area (Å²) in [6, 6.07) is 0. The number of allylic oxidation sites excluding steroid dienone is 6. The van der Waals surface area contributed by atoms with Gasteiger partial charge in [0.05, 0.1) is 13.2 Å². The van der Waals surface area contributed by atoms with Crippen LogP contribution in [0, 0.1) is 0 Å². The highest BCUT2D eigenvalue weighted by molar-refractivity contribution is 7.47. The molecule has 0 aliphatic rings. The number of carbonyl (C=O) groups excluding carboxylic acids is 2. The molecule has 0 saturated carbocycles. The summed E-state index contributed by atoms with van der Waals surface area (Å²) in [4.78, 5) is 34.8. The molecule has 9 nitrogen and oxygen atoms in total. The first-order chi connectivity index (χ1) is 25.8. The number of esters is 2. The third-order valence-electron chi connectivity index (χ3n) is 9.00. The van der Waals surface area contributed by atoms with Crippen molar-refractivity contribution in [3.05, 3.63) is 36.5 Å². The number of hydrogen-bond acceptors (Lipinski definition) is 8. The van der Waals surface area contributed by atoms with E-state index in [-0.39, 0.29) is 32.6 Å². The molecular formula is C43H80NO8P. The lowest BCUT2D eigenvalue weighted by molar-refractivity contribution is -0.161. The first-order valence-corrected chi connectivity index (χ1v) is 23.0. The van der Waals surface area contributed by atoms with Crippen LogP contribution in [-0.2, 0) is 32.7 Å². The average molecular weight is 770 g/mol. The second-order valence-corrected chi connectivity index (χ2v) is 15.7. The summed E-state index contributed by atoms with van der Waals surface area (Å²) < 4.78 is 32.7. The van der Waals surface area contributed by atoms with Gasteiger partial charge in [0.2, 0.25) is 0 Å². The number of phosphoric ester groups is 1. The summed E-state index contributed by atoms with van der Waals surface area (Å²) in [5, 5.41) is 0. The van der Waals surface area contributed by atoms with Crippen LogP contribution in [0.4, 0.5) is 0 Å². The van der Waals surface area contributed by atoms with Gasteiger partial charge in [0, 0.05) is 19.4 Å².